The van der Waals surface area contributed by atoms with E-state index in [1.807, 2.05) is 12.1 Å². The first-order chi connectivity index (χ1) is 12.8. The Kier molecular flexibility index (Phi) is 7.43. The normalized spacial score (nSPS) is 14.8. The first-order valence-electron chi connectivity index (χ1n) is 9.33. The number of rotatable bonds is 7. The molecule has 0 amide bonds. The van der Waals surface area contributed by atoms with Crippen LogP contribution in [0.25, 0.3) is 0 Å². The maximum Gasteiger partial charge on any atom is 0.169 e. The van der Waals surface area contributed by atoms with Gasteiger partial charge in [-0.25, -0.2) is 0 Å². The number of morpholine rings is 1. The molecule has 0 atom stereocenters. The predicted octanol–water partition coefficient (Wildman–Crippen LogP) is 1.48. The number of hydrogen-bond donors (Lipinski definition) is 2. The number of benzene rings is 2. The third-order valence-electron chi connectivity index (χ3n) is 4.67. The summed E-state index contributed by atoms with van der Waals surface area (Å²) in [5.74, 6) is 0. The highest BCUT2D eigenvalue weighted by Crippen LogP contribution is 2.10. The summed E-state index contributed by atoms with van der Waals surface area (Å²) < 4.78 is 5.42. The van der Waals surface area contributed by atoms with Gasteiger partial charge in [-0.05, 0) is 23.3 Å². The van der Waals surface area contributed by atoms with E-state index in [1.54, 1.807) is 4.90 Å². The average Bonchev–Trinajstić information content (AvgIpc) is 2.70. The molecule has 0 unspecified atom stereocenters. The topological polar surface area (TPSA) is 28.9 Å². The van der Waals surface area contributed by atoms with Crippen molar-refractivity contribution < 1.29 is 9.64 Å². The lowest BCUT2D eigenvalue weighted by Crippen LogP contribution is -3.14. The van der Waals surface area contributed by atoms with E-state index in [9.17, 15) is 0 Å². The van der Waals surface area contributed by atoms with Crippen LogP contribution in [0.15, 0.2) is 60.7 Å². The molecule has 2 N–H and O–H groups in total. The van der Waals surface area contributed by atoms with E-state index in [1.165, 1.54) is 11.1 Å². The second kappa shape index (κ2) is 10.3. The van der Waals surface area contributed by atoms with Crippen LogP contribution in [-0.4, -0.2) is 49.4 Å². The summed E-state index contributed by atoms with van der Waals surface area (Å²) in [7, 11) is 0. The fraction of sp³-hybridized carbons (Fsp3) is 0.381. The Morgan fingerprint density at radius 2 is 1.46 bits per heavy atom. The zero-order chi connectivity index (χ0) is 18.0. The molecule has 0 aromatic heterocycles. The van der Waals surface area contributed by atoms with Crippen molar-refractivity contribution in [1.29, 1.82) is 0 Å². The second-order valence-corrected chi connectivity index (χ2v) is 7.06. The van der Waals surface area contributed by atoms with E-state index in [-0.39, 0.29) is 0 Å². The average molecular weight is 371 g/mol. The molecule has 1 saturated heterocycles. The Morgan fingerprint density at radius 3 is 2.00 bits per heavy atom. The zero-order valence-electron chi connectivity index (χ0n) is 15.2. The number of nitrogens with one attached hydrogen (secondary N) is 2. The van der Waals surface area contributed by atoms with Crippen molar-refractivity contribution in [3.05, 3.63) is 71.8 Å². The van der Waals surface area contributed by atoms with Gasteiger partial charge in [-0.3, -0.25) is 0 Å². The van der Waals surface area contributed by atoms with Crippen LogP contribution in [0.4, 0.5) is 0 Å². The standard InChI is InChI=1S/C21H27N3OS/c26-21(22-11-12-23-13-15-25-16-14-23)24(17-19-7-3-1-4-8-19)18-20-9-5-2-6-10-20/h1-10H,11-18H2,(H,22,26)/p+1. The van der Waals surface area contributed by atoms with Crippen LogP contribution in [0.2, 0.25) is 0 Å². The summed E-state index contributed by atoms with van der Waals surface area (Å²) in [6.45, 7) is 7.51. The third kappa shape index (κ3) is 6.09. The molecule has 138 valence electrons. The lowest BCUT2D eigenvalue weighted by Gasteiger charge is -2.28. The van der Waals surface area contributed by atoms with Crippen LogP contribution >= 0.6 is 12.2 Å². The number of hydrogen-bond acceptors (Lipinski definition) is 2. The van der Waals surface area contributed by atoms with Gasteiger partial charge in [0.25, 0.3) is 0 Å². The molecule has 1 fully saturated rings. The highest BCUT2D eigenvalue weighted by atomic mass is 32.1. The molecule has 3 rings (SSSR count). The Hall–Kier alpha value is -1.95. The molecule has 0 bridgehead atoms. The largest absolute Gasteiger partial charge is 0.370 e. The Bertz CT molecular complexity index is 618. The summed E-state index contributed by atoms with van der Waals surface area (Å²) in [5.41, 5.74) is 2.54. The molecule has 4 nitrogen and oxygen atoms in total. The summed E-state index contributed by atoms with van der Waals surface area (Å²) in [6.07, 6.45) is 0. The molecule has 2 aromatic rings. The fourth-order valence-corrected chi connectivity index (χ4v) is 3.41. The van der Waals surface area contributed by atoms with E-state index in [0.29, 0.717) is 0 Å². The summed E-state index contributed by atoms with van der Waals surface area (Å²) in [6, 6.07) is 21.0. The Labute approximate surface area is 161 Å². The van der Waals surface area contributed by atoms with E-state index < -0.39 is 0 Å². The minimum absolute atomic E-state index is 0.811. The molecular formula is C21H28N3OS+. The minimum Gasteiger partial charge on any atom is -0.370 e. The van der Waals surface area contributed by atoms with Crippen molar-refractivity contribution >= 4 is 17.3 Å². The summed E-state index contributed by atoms with van der Waals surface area (Å²) >= 11 is 5.72. The van der Waals surface area contributed by atoms with Gasteiger partial charge in [0.05, 0.1) is 26.3 Å². The molecule has 26 heavy (non-hydrogen) atoms. The monoisotopic (exact) mass is 370 g/mol. The van der Waals surface area contributed by atoms with Gasteiger partial charge in [0.1, 0.15) is 13.1 Å². The molecule has 0 radical (unpaired) electrons. The Balaban J connectivity index is 1.57. The molecule has 1 heterocycles. The SMILES string of the molecule is S=C(NCC[NH+]1CCOCC1)N(Cc1ccccc1)Cc1ccccc1. The molecule has 0 saturated carbocycles. The predicted molar refractivity (Wildman–Crippen MR) is 109 cm³/mol. The van der Waals surface area contributed by atoms with Gasteiger partial charge in [0.15, 0.2) is 5.11 Å². The lowest BCUT2D eigenvalue weighted by atomic mass is 10.2. The van der Waals surface area contributed by atoms with Gasteiger partial charge in [0, 0.05) is 13.1 Å². The maximum absolute atomic E-state index is 5.72. The van der Waals surface area contributed by atoms with Crippen molar-refractivity contribution in [3.63, 3.8) is 0 Å². The van der Waals surface area contributed by atoms with E-state index in [4.69, 9.17) is 17.0 Å². The van der Waals surface area contributed by atoms with Gasteiger partial charge in [-0.15, -0.1) is 0 Å². The smallest absolute Gasteiger partial charge is 0.169 e. The van der Waals surface area contributed by atoms with Gasteiger partial charge in [-0.2, -0.15) is 0 Å². The van der Waals surface area contributed by atoms with Crippen LogP contribution in [0, 0.1) is 0 Å². The highest BCUT2D eigenvalue weighted by molar-refractivity contribution is 7.80. The second-order valence-electron chi connectivity index (χ2n) is 6.67. The van der Waals surface area contributed by atoms with Crippen LogP contribution in [0.1, 0.15) is 11.1 Å². The molecule has 5 heteroatoms. The molecule has 1 aliphatic rings. The number of nitrogens with zero attached hydrogens (tertiary/aromatic N) is 1. The van der Waals surface area contributed by atoms with Crippen molar-refractivity contribution in [2.45, 2.75) is 13.1 Å². The molecule has 1 aliphatic heterocycles. The maximum atomic E-state index is 5.72. The van der Waals surface area contributed by atoms with Crippen molar-refractivity contribution in [2.24, 2.45) is 0 Å². The summed E-state index contributed by atoms with van der Waals surface area (Å²) in [5, 5.41) is 4.29. The summed E-state index contributed by atoms with van der Waals surface area (Å²) in [4.78, 5) is 3.83. The first-order valence-corrected chi connectivity index (χ1v) is 9.74. The third-order valence-corrected chi connectivity index (χ3v) is 5.08. The van der Waals surface area contributed by atoms with E-state index in [2.05, 4.69) is 58.7 Å². The fourth-order valence-electron chi connectivity index (χ4n) is 3.18. The molecular weight excluding hydrogens is 342 g/mol. The minimum atomic E-state index is 0.811. The van der Waals surface area contributed by atoms with Gasteiger partial charge in [0.2, 0.25) is 0 Å². The number of ether oxygens (including phenoxy) is 1. The van der Waals surface area contributed by atoms with Gasteiger partial charge in [-0.1, -0.05) is 60.7 Å². The number of thiocarbonyl (C=S) groups is 1. The quantitative estimate of drug-likeness (QED) is 0.723. The molecule has 2 aromatic carbocycles. The Morgan fingerprint density at radius 1 is 0.923 bits per heavy atom. The molecule has 0 aliphatic carbocycles. The van der Waals surface area contributed by atoms with Crippen LogP contribution in [0.3, 0.4) is 0 Å². The van der Waals surface area contributed by atoms with Crippen LogP contribution in [0.5, 0.6) is 0 Å². The van der Waals surface area contributed by atoms with Gasteiger partial charge >= 0.3 is 0 Å². The van der Waals surface area contributed by atoms with E-state index >= 15 is 0 Å². The van der Waals surface area contributed by atoms with Gasteiger partial charge < -0.3 is 19.9 Å². The number of quaternary nitrogens is 1. The zero-order valence-corrected chi connectivity index (χ0v) is 16.0. The highest BCUT2D eigenvalue weighted by Gasteiger charge is 2.15. The first kappa shape index (κ1) is 18.8. The van der Waals surface area contributed by atoms with Crippen molar-refractivity contribution in [3.8, 4) is 0 Å². The van der Waals surface area contributed by atoms with E-state index in [0.717, 1.165) is 57.6 Å². The lowest BCUT2D eigenvalue weighted by molar-refractivity contribution is -0.906. The molecule has 0 spiro atoms. The van der Waals surface area contributed by atoms with Crippen molar-refractivity contribution in [2.75, 3.05) is 39.4 Å². The van der Waals surface area contributed by atoms with Crippen molar-refractivity contribution in [1.82, 2.24) is 10.2 Å². The van der Waals surface area contributed by atoms with Crippen LogP contribution < -0.4 is 10.2 Å². The van der Waals surface area contributed by atoms with Crippen LogP contribution in [-0.2, 0) is 17.8 Å².